The van der Waals surface area contributed by atoms with Crippen LogP contribution in [0.1, 0.15) is 18.1 Å². The second-order valence-corrected chi connectivity index (χ2v) is 4.29. The summed E-state index contributed by atoms with van der Waals surface area (Å²) >= 11 is 0. The van der Waals surface area contributed by atoms with Crippen molar-refractivity contribution in [1.82, 2.24) is 10.2 Å². The third-order valence-electron chi connectivity index (χ3n) is 3.15. The van der Waals surface area contributed by atoms with Crippen LogP contribution in [0.5, 0.6) is 0 Å². The molecule has 0 bridgehead atoms. The maximum atomic E-state index is 9.03. The van der Waals surface area contributed by atoms with Crippen LogP contribution in [-0.4, -0.2) is 30.6 Å². The Kier molecular flexibility index (Phi) is 3.55. The molecule has 16 heavy (non-hydrogen) atoms. The van der Waals surface area contributed by atoms with Gasteiger partial charge in [-0.3, -0.25) is 4.90 Å². The maximum absolute atomic E-state index is 9.03. The molecule has 1 saturated heterocycles. The normalized spacial score (nSPS) is 21.6. The van der Waals surface area contributed by atoms with E-state index in [-0.39, 0.29) is 0 Å². The van der Waals surface area contributed by atoms with E-state index in [0.717, 1.165) is 37.3 Å². The van der Waals surface area contributed by atoms with Crippen LogP contribution in [0.3, 0.4) is 0 Å². The number of nitriles is 1. The summed E-state index contributed by atoms with van der Waals surface area (Å²) in [5, 5.41) is 12.4. The SMILES string of the molecule is CC1CNCCN1Cc1ccccc1C#N. The Morgan fingerprint density at radius 2 is 2.31 bits per heavy atom. The van der Waals surface area contributed by atoms with Crippen molar-refractivity contribution in [2.75, 3.05) is 19.6 Å². The second kappa shape index (κ2) is 5.11. The molecule has 0 amide bonds. The van der Waals surface area contributed by atoms with Crippen molar-refractivity contribution >= 4 is 0 Å². The Morgan fingerprint density at radius 1 is 1.50 bits per heavy atom. The quantitative estimate of drug-likeness (QED) is 0.809. The third kappa shape index (κ3) is 2.41. The summed E-state index contributed by atoms with van der Waals surface area (Å²) in [5.41, 5.74) is 1.94. The predicted octanol–water partition coefficient (Wildman–Crippen LogP) is 1.35. The molecule has 3 nitrogen and oxygen atoms in total. The molecule has 3 heteroatoms. The zero-order chi connectivity index (χ0) is 11.4. The van der Waals surface area contributed by atoms with Crippen molar-refractivity contribution in [2.45, 2.75) is 19.5 Å². The minimum absolute atomic E-state index is 0.542. The fourth-order valence-corrected chi connectivity index (χ4v) is 2.10. The van der Waals surface area contributed by atoms with Gasteiger partial charge >= 0.3 is 0 Å². The van der Waals surface area contributed by atoms with Crippen LogP contribution >= 0.6 is 0 Å². The van der Waals surface area contributed by atoms with E-state index in [1.807, 2.05) is 24.3 Å². The van der Waals surface area contributed by atoms with Crippen molar-refractivity contribution < 1.29 is 0 Å². The molecule has 1 aliphatic rings. The Balaban J connectivity index is 2.11. The van der Waals surface area contributed by atoms with Crippen LogP contribution in [0.2, 0.25) is 0 Å². The number of benzene rings is 1. The summed E-state index contributed by atoms with van der Waals surface area (Å²) in [6.07, 6.45) is 0. The number of hydrogen-bond donors (Lipinski definition) is 1. The molecule has 0 aromatic heterocycles. The van der Waals surface area contributed by atoms with Crippen LogP contribution in [-0.2, 0) is 6.54 Å². The molecular formula is C13H17N3. The molecule has 0 saturated carbocycles. The lowest BCUT2D eigenvalue weighted by atomic mass is 10.1. The van der Waals surface area contributed by atoms with Gasteiger partial charge in [-0.05, 0) is 18.6 Å². The molecule has 1 fully saturated rings. The summed E-state index contributed by atoms with van der Waals surface area (Å²) < 4.78 is 0. The molecule has 0 radical (unpaired) electrons. The van der Waals surface area contributed by atoms with Gasteiger partial charge < -0.3 is 5.32 Å². The van der Waals surface area contributed by atoms with Crippen LogP contribution < -0.4 is 5.32 Å². The highest BCUT2D eigenvalue weighted by Crippen LogP contribution is 2.13. The predicted molar refractivity (Wildman–Crippen MR) is 63.9 cm³/mol. The van der Waals surface area contributed by atoms with Crippen molar-refractivity contribution in [3.63, 3.8) is 0 Å². The third-order valence-corrected chi connectivity index (χ3v) is 3.15. The summed E-state index contributed by atoms with van der Waals surface area (Å²) in [4.78, 5) is 2.42. The molecule has 1 aromatic rings. The van der Waals surface area contributed by atoms with Gasteiger partial charge in [0, 0.05) is 32.2 Å². The van der Waals surface area contributed by atoms with Gasteiger partial charge in [0.05, 0.1) is 11.6 Å². The van der Waals surface area contributed by atoms with E-state index in [2.05, 4.69) is 23.2 Å². The topological polar surface area (TPSA) is 39.1 Å². The zero-order valence-corrected chi connectivity index (χ0v) is 9.61. The van der Waals surface area contributed by atoms with Crippen molar-refractivity contribution in [1.29, 1.82) is 5.26 Å². The van der Waals surface area contributed by atoms with Crippen LogP contribution in [0.25, 0.3) is 0 Å². The largest absolute Gasteiger partial charge is 0.314 e. The van der Waals surface area contributed by atoms with Crippen molar-refractivity contribution in [2.24, 2.45) is 0 Å². The second-order valence-electron chi connectivity index (χ2n) is 4.29. The fraction of sp³-hybridized carbons (Fsp3) is 0.462. The standard InChI is InChI=1S/C13H17N3/c1-11-9-15-6-7-16(11)10-13-5-3-2-4-12(13)8-14/h2-5,11,15H,6-7,9-10H2,1H3. The number of nitrogens with zero attached hydrogens (tertiary/aromatic N) is 2. The fourth-order valence-electron chi connectivity index (χ4n) is 2.10. The molecule has 1 heterocycles. The Labute approximate surface area is 96.7 Å². The molecular weight excluding hydrogens is 198 g/mol. The first-order valence-corrected chi connectivity index (χ1v) is 5.74. The first-order chi connectivity index (χ1) is 7.81. The molecule has 0 spiro atoms. The molecule has 1 unspecified atom stereocenters. The Bertz CT molecular complexity index is 394. The minimum Gasteiger partial charge on any atom is -0.314 e. The van der Waals surface area contributed by atoms with Gasteiger partial charge in [0.1, 0.15) is 0 Å². The van der Waals surface area contributed by atoms with E-state index in [0.29, 0.717) is 6.04 Å². The molecule has 0 aliphatic carbocycles. The molecule has 1 N–H and O–H groups in total. The van der Waals surface area contributed by atoms with Crippen LogP contribution in [0.15, 0.2) is 24.3 Å². The zero-order valence-electron chi connectivity index (χ0n) is 9.61. The highest BCUT2D eigenvalue weighted by atomic mass is 15.2. The van der Waals surface area contributed by atoms with Crippen molar-refractivity contribution in [3.8, 4) is 6.07 Å². The van der Waals surface area contributed by atoms with Crippen LogP contribution in [0, 0.1) is 11.3 Å². The molecule has 1 aliphatic heterocycles. The van der Waals surface area contributed by atoms with Crippen LogP contribution in [0.4, 0.5) is 0 Å². The molecule has 1 aromatic carbocycles. The average molecular weight is 215 g/mol. The highest BCUT2D eigenvalue weighted by molar-refractivity contribution is 5.37. The van der Waals surface area contributed by atoms with Gasteiger partial charge in [0.15, 0.2) is 0 Å². The lowest BCUT2D eigenvalue weighted by Crippen LogP contribution is -2.49. The van der Waals surface area contributed by atoms with Gasteiger partial charge in [-0.25, -0.2) is 0 Å². The van der Waals surface area contributed by atoms with E-state index in [1.165, 1.54) is 0 Å². The number of hydrogen-bond acceptors (Lipinski definition) is 3. The number of piperazine rings is 1. The smallest absolute Gasteiger partial charge is 0.0995 e. The van der Waals surface area contributed by atoms with E-state index in [9.17, 15) is 0 Å². The highest BCUT2D eigenvalue weighted by Gasteiger charge is 2.18. The molecule has 84 valence electrons. The monoisotopic (exact) mass is 215 g/mol. The first kappa shape index (κ1) is 11.1. The summed E-state index contributed by atoms with van der Waals surface area (Å²) in [6, 6.07) is 10.7. The van der Waals surface area contributed by atoms with E-state index in [4.69, 9.17) is 5.26 Å². The maximum Gasteiger partial charge on any atom is 0.0995 e. The lowest BCUT2D eigenvalue weighted by Gasteiger charge is -2.34. The van der Waals surface area contributed by atoms with Gasteiger partial charge in [-0.1, -0.05) is 18.2 Å². The average Bonchev–Trinajstić information content (AvgIpc) is 2.33. The van der Waals surface area contributed by atoms with E-state index in [1.54, 1.807) is 0 Å². The van der Waals surface area contributed by atoms with E-state index < -0.39 is 0 Å². The minimum atomic E-state index is 0.542. The van der Waals surface area contributed by atoms with Gasteiger partial charge in [-0.2, -0.15) is 5.26 Å². The number of rotatable bonds is 2. The number of nitrogens with one attached hydrogen (secondary N) is 1. The van der Waals surface area contributed by atoms with E-state index >= 15 is 0 Å². The summed E-state index contributed by atoms with van der Waals surface area (Å²) in [7, 11) is 0. The Morgan fingerprint density at radius 3 is 3.06 bits per heavy atom. The summed E-state index contributed by atoms with van der Waals surface area (Å²) in [5.74, 6) is 0. The summed E-state index contributed by atoms with van der Waals surface area (Å²) in [6.45, 7) is 6.24. The first-order valence-electron chi connectivity index (χ1n) is 5.74. The van der Waals surface area contributed by atoms with Gasteiger partial charge in [0.2, 0.25) is 0 Å². The van der Waals surface area contributed by atoms with Gasteiger partial charge in [-0.15, -0.1) is 0 Å². The Hall–Kier alpha value is -1.37. The lowest BCUT2D eigenvalue weighted by molar-refractivity contribution is 0.165. The molecule has 1 atom stereocenters. The van der Waals surface area contributed by atoms with Gasteiger partial charge in [0.25, 0.3) is 0 Å². The molecule has 2 rings (SSSR count). The van der Waals surface area contributed by atoms with Crippen molar-refractivity contribution in [3.05, 3.63) is 35.4 Å².